The van der Waals surface area contributed by atoms with Crippen LogP contribution in [0.5, 0.6) is 0 Å². The van der Waals surface area contributed by atoms with Gasteiger partial charge in [0.05, 0.1) is 10.7 Å². The van der Waals surface area contributed by atoms with E-state index in [0.717, 1.165) is 5.69 Å². The summed E-state index contributed by atoms with van der Waals surface area (Å²) in [7, 11) is 0. The van der Waals surface area contributed by atoms with E-state index in [4.69, 9.17) is 21.2 Å². The topological polar surface area (TPSA) is 56.1 Å². The molecule has 0 N–H and O–H groups in total. The minimum Gasteiger partial charge on any atom is -0.280 e. The molecule has 0 aliphatic rings. The van der Waals surface area contributed by atoms with Crippen molar-refractivity contribution in [2.24, 2.45) is 0 Å². The smallest absolute Gasteiger partial charge is 0.280 e. The fourth-order valence-electron chi connectivity index (χ4n) is 1.56. The molecule has 1 aromatic heterocycles. The van der Waals surface area contributed by atoms with Crippen molar-refractivity contribution in [1.29, 1.82) is 0 Å². The Balaban J connectivity index is 0.000000550. The monoisotopic (exact) mass is 281 g/mol. The molecule has 0 amide bonds. The second-order valence-electron chi connectivity index (χ2n) is 3.52. The number of pyridine rings is 1. The molecule has 0 saturated heterocycles. The van der Waals surface area contributed by atoms with Crippen LogP contribution in [0.25, 0.3) is 5.69 Å². The molecule has 0 aliphatic heterocycles. The molecule has 0 aliphatic carbocycles. The van der Waals surface area contributed by atoms with Crippen LogP contribution in [0, 0.1) is 12.7 Å². The lowest BCUT2D eigenvalue weighted by atomic mass is 10.2. The van der Waals surface area contributed by atoms with Crippen molar-refractivity contribution < 1.29 is 14.0 Å². The number of carbonyl (C=O) groups excluding carboxylic acids is 2. The molecule has 0 saturated carbocycles. The number of halogens is 2. The van der Waals surface area contributed by atoms with Crippen LogP contribution in [0.15, 0.2) is 41.2 Å². The average molecular weight is 282 g/mol. The molecule has 2 aromatic rings. The average Bonchev–Trinajstić information content (AvgIpc) is 2.32. The van der Waals surface area contributed by atoms with E-state index >= 15 is 0 Å². The first-order chi connectivity index (χ1) is 9.01. The zero-order chi connectivity index (χ0) is 14.4. The van der Waals surface area contributed by atoms with Crippen molar-refractivity contribution in [3.63, 3.8) is 0 Å². The lowest BCUT2D eigenvalue weighted by molar-refractivity contribution is -0.191. The molecule has 0 spiro atoms. The number of aryl methyl sites for hydroxylation is 1. The van der Waals surface area contributed by atoms with E-state index in [1.54, 1.807) is 19.1 Å². The van der Waals surface area contributed by atoms with Gasteiger partial charge >= 0.3 is 6.15 Å². The number of hydrogen-bond acceptors (Lipinski definition) is 3. The third-order valence-corrected chi connectivity index (χ3v) is 2.60. The summed E-state index contributed by atoms with van der Waals surface area (Å²) in [5, 5.41) is 0.219. The normalized spacial score (nSPS) is 9.21. The quantitative estimate of drug-likeness (QED) is 0.806. The van der Waals surface area contributed by atoms with Crippen molar-refractivity contribution in [3.05, 3.63) is 63.3 Å². The largest absolute Gasteiger partial charge is 0.373 e. The minimum atomic E-state index is -0.421. The van der Waals surface area contributed by atoms with E-state index in [9.17, 15) is 9.18 Å². The number of aromatic nitrogens is 1. The standard InChI is InChI=1S/C12H9ClFNO.CO2/c1-8-3-2-4-12(16)15(8)11-6-5-9(14)7-10(11)13;2-1-3/h2-7H,1H3;. The van der Waals surface area contributed by atoms with E-state index in [0.29, 0.717) is 5.69 Å². The fourth-order valence-corrected chi connectivity index (χ4v) is 1.82. The van der Waals surface area contributed by atoms with Crippen LogP contribution in [-0.2, 0) is 9.59 Å². The Hall–Kier alpha value is -2.23. The maximum absolute atomic E-state index is 12.9. The van der Waals surface area contributed by atoms with Gasteiger partial charge in [0.15, 0.2) is 0 Å². The summed E-state index contributed by atoms with van der Waals surface area (Å²) in [6.07, 6.45) is 0.250. The molecule has 6 heteroatoms. The first-order valence-corrected chi connectivity index (χ1v) is 5.52. The molecule has 2 rings (SSSR count). The van der Waals surface area contributed by atoms with Crippen LogP contribution >= 0.6 is 11.6 Å². The SMILES string of the molecule is Cc1cccc(=O)n1-c1ccc(F)cc1Cl.O=C=O. The summed E-state index contributed by atoms with van der Waals surface area (Å²) >= 11 is 5.91. The number of benzene rings is 1. The van der Waals surface area contributed by atoms with E-state index in [1.165, 1.54) is 28.8 Å². The van der Waals surface area contributed by atoms with Gasteiger partial charge in [0.2, 0.25) is 0 Å². The van der Waals surface area contributed by atoms with E-state index in [2.05, 4.69) is 0 Å². The van der Waals surface area contributed by atoms with Gasteiger partial charge in [-0.25, -0.2) is 4.39 Å². The van der Waals surface area contributed by atoms with Crippen LogP contribution in [-0.4, -0.2) is 10.7 Å². The Morgan fingerprint density at radius 3 is 2.37 bits per heavy atom. The highest BCUT2D eigenvalue weighted by atomic mass is 35.5. The van der Waals surface area contributed by atoms with Gasteiger partial charge in [0.1, 0.15) is 5.82 Å². The minimum absolute atomic E-state index is 0.187. The van der Waals surface area contributed by atoms with Gasteiger partial charge in [-0.05, 0) is 31.2 Å². The summed E-state index contributed by atoms with van der Waals surface area (Å²) in [6.45, 7) is 1.79. The van der Waals surface area contributed by atoms with Gasteiger partial charge in [-0.15, -0.1) is 0 Å². The maximum atomic E-state index is 12.9. The number of rotatable bonds is 1. The molecular weight excluding hydrogens is 273 g/mol. The Kier molecular flexibility index (Phi) is 5.18. The van der Waals surface area contributed by atoms with E-state index < -0.39 is 5.82 Å². The maximum Gasteiger partial charge on any atom is 0.373 e. The molecule has 0 fully saturated rings. The van der Waals surface area contributed by atoms with E-state index in [-0.39, 0.29) is 16.7 Å². The predicted octanol–water partition coefficient (Wildman–Crippen LogP) is 2.35. The van der Waals surface area contributed by atoms with Crippen molar-refractivity contribution in [2.45, 2.75) is 6.92 Å². The Bertz CT molecular complexity index is 676. The molecule has 19 heavy (non-hydrogen) atoms. The summed E-state index contributed by atoms with van der Waals surface area (Å²) in [5.41, 5.74) is 1.06. The molecule has 0 atom stereocenters. The highest BCUT2D eigenvalue weighted by molar-refractivity contribution is 6.32. The molecule has 4 nitrogen and oxygen atoms in total. The van der Waals surface area contributed by atoms with Crippen molar-refractivity contribution in [2.75, 3.05) is 0 Å². The Labute approximate surface area is 113 Å². The van der Waals surface area contributed by atoms with Crippen molar-refractivity contribution in [3.8, 4) is 5.69 Å². The molecule has 1 heterocycles. The van der Waals surface area contributed by atoms with E-state index in [1.807, 2.05) is 0 Å². The summed E-state index contributed by atoms with van der Waals surface area (Å²) < 4.78 is 14.3. The van der Waals surface area contributed by atoms with Gasteiger partial charge in [-0.3, -0.25) is 9.36 Å². The van der Waals surface area contributed by atoms with Crippen LogP contribution in [0.1, 0.15) is 5.69 Å². The van der Waals surface area contributed by atoms with Crippen molar-refractivity contribution in [1.82, 2.24) is 4.57 Å². The van der Waals surface area contributed by atoms with Crippen molar-refractivity contribution >= 4 is 17.8 Å². The van der Waals surface area contributed by atoms with Crippen LogP contribution in [0.4, 0.5) is 4.39 Å². The van der Waals surface area contributed by atoms with Gasteiger partial charge in [0.25, 0.3) is 5.56 Å². The predicted molar refractivity (Wildman–Crippen MR) is 66.8 cm³/mol. The molecule has 0 unspecified atom stereocenters. The molecule has 0 bridgehead atoms. The Morgan fingerprint density at radius 2 is 1.84 bits per heavy atom. The van der Waals surface area contributed by atoms with Gasteiger partial charge in [0, 0.05) is 11.8 Å². The van der Waals surface area contributed by atoms with Gasteiger partial charge in [-0.2, -0.15) is 9.59 Å². The molecule has 1 aromatic carbocycles. The molecule has 0 radical (unpaired) electrons. The summed E-state index contributed by atoms with van der Waals surface area (Å²) in [5.74, 6) is -0.421. The second-order valence-corrected chi connectivity index (χ2v) is 3.93. The van der Waals surface area contributed by atoms with Gasteiger partial charge < -0.3 is 0 Å². The van der Waals surface area contributed by atoms with Crippen LogP contribution < -0.4 is 5.56 Å². The zero-order valence-corrected chi connectivity index (χ0v) is 10.6. The Morgan fingerprint density at radius 1 is 1.21 bits per heavy atom. The highest BCUT2D eigenvalue weighted by Gasteiger charge is 2.07. The number of nitrogens with zero attached hydrogens (tertiary/aromatic N) is 1. The molecule has 98 valence electrons. The lowest BCUT2D eigenvalue weighted by Gasteiger charge is -2.10. The second kappa shape index (κ2) is 6.64. The highest BCUT2D eigenvalue weighted by Crippen LogP contribution is 2.21. The first kappa shape index (κ1) is 14.8. The number of hydrogen-bond donors (Lipinski definition) is 0. The third-order valence-electron chi connectivity index (χ3n) is 2.30. The molecular formula is C13H9ClFNO3. The third kappa shape index (κ3) is 3.61. The van der Waals surface area contributed by atoms with Gasteiger partial charge in [-0.1, -0.05) is 17.7 Å². The fraction of sp³-hybridized carbons (Fsp3) is 0.0769. The first-order valence-electron chi connectivity index (χ1n) is 5.14. The summed E-state index contributed by atoms with van der Waals surface area (Å²) in [4.78, 5) is 27.9. The summed E-state index contributed by atoms with van der Waals surface area (Å²) in [6, 6.07) is 8.86. The van der Waals surface area contributed by atoms with Crippen LogP contribution in [0.2, 0.25) is 5.02 Å². The lowest BCUT2D eigenvalue weighted by Crippen LogP contribution is -2.19. The van der Waals surface area contributed by atoms with Crippen LogP contribution in [0.3, 0.4) is 0 Å². The zero-order valence-electron chi connectivity index (χ0n) is 9.89.